The van der Waals surface area contributed by atoms with Gasteiger partial charge in [-0.3, -0.25) is 0 Å². The van der Waals surface area contributed by atoms with Crippen LogP contribution in [0.3, 0.4) is 0 Å². The molecule has 3 aromatic rings. The summed E-state index contributed by atoms with van der Waals surface area (Å²) in [6.07, 6.45) is 6.86. The summed E-state index contributed by atoms with van der Waals surface area (Å²) in [6.45, 7) is 0.707. The van der Waals surface area contributed by atoms with Crippen molar-refractivity contribution in [2.24, 2.45) is 5.73 Å². The SMILES string of the molecule is Cl.Cl.NC1CC(c2cc(NCc3ccc(-n4cncn4)cc3)ncn2)C1. The van der Waals surface area contributed by atoms with E-state index in [0.29, 0.717) is 18.5 Å². The molecule has 1 fully saturated rings. The number of anilines is 1. The molecular weight excluding hydrogens is 373 g/mol. The predicted octanol–water partition coefficient (Wildman–Crippen LogP) is 2.72. The maximum Gasteiger partial charge on any atom is 0.138 e. The fourth-order valence-corrected chi connectivity index (χ4v) is 2.90. The number of nitrogens with one attached hydrogen (secondary N) is 1. The number of rotatable bonds is 5. The van der Waals surface area contributed by atoms with Gasteiger partial charge in [0.05, 0.1) is 5.69 Å². The highest BCUT2D eigenvalue weighted by Gasteiger charge is 2.28. The van der Waals surface area contributed by atoms with Crippen LogP contribution in [0.15, 0.2) is 49.3 Å². The Balaban J connectivity index is 0.00000121. The highest BCUT2D eigenvalue weighted by molar-refractivity contribution is 5.85. The molecule has 0 aliphatic heterocycles. The van der Waals surface area contributed by atoms with Crippen molar-refractivity contribution in [2.75, 3.05) is 5.32 Å². The minimum absolute atomic E-state index is 0. The van der Waals surface area contributed by atoms with E-state index in [4.69, 9.17) is 5.73 Å². The van der Waals surface area contributed by atoms with Crippen LogP contribution < -0.4 is 11.1 Å². The molecule has 0 saturated heterocycles. The Morgan fingerprint density at radius 3 is 2.50 bits per heavy atom. The molecule has 0 atom stereocenters. The molecule has 4 rings (SSSR count). The van der Waals surface area contributed by atoms with E-state index >= 15 is 0 Å². The Labute approximate surface area is 164 Å². The summed E-state index contributed by atoms with van der Waals surface area (Å²) in [4.78, 5) is 12.6. The Kier molecular flexibility index (Phi) is 6.90. The third kappa shape index (κ3) is 4.49. The number of hydrogen-bond donors (Lipinski definition) is 2. The normalized spacial score (nSPS) is 18.2. The highest BCUT2D eigenvalue weighted by Crippen LogP contribution is 2.34. The van der Waals surface area contributed by atoms with Gasteiger partial charge in [0.15, 0.2) is 0 Å². The fraction of sp³-hybridized carbons (Fsp3) is 0.294. The molecule has 1 aromatic carbocycles. The Morgan fingerprint density at radius 2 is 1.85 bits per heavy atom. The van der Waals surface area contributed by atoms with Gasteiger partial charge in [-0.2, -0.15) is 5.10 Å². The molecule has 0 spiro atoms. The maximum atomic E-state index is 5.86. The van der Waals surface area contributed by atoms with E-state index in [1.165, 1.54) is 11.9 Å². The average Bonchev–Trinajstić information content (AvgIpc) is 3.12. The van der Waals surface area contributed by atoms with Gasteiger partial charge in [0, 0.05) is 30.3 Å². The maximum absolute atomic E-state index is 5.86. The van der Waals surface area contributed by atoms with E-state index < -0.39 is 0 Å². The third-order valence-electron chi connectivity index (χ3n) is 4.37. The van der Waals surface area contributed by atoms with E-state index in [0.717, 1.165) is 30.0 Å². The van der Waals surface area contributed by atoms with Crippen molar-refractivity contribution in [1.29, 1.82) is 0 Å². The molecule has 0 unspecified atom stereocenters. The van der Waals surface area contributed by atoms with Crippen molar-refractivity contribution < 1.29 is 0 Å². The second-order valence-corrected chi connectivity index (χ2v) is 6.12. The van der Waals surface area contributed by atoms with Crippen molar-refractivity contribution in [3.8, 4) is 5.69 Å². The zero-order chi connectivity index (χ0) is 16.4. The molecule has 3 N–H and O–H groups in total. The Bertz CT molecular complexity index is 802. The van der Waals surface area contributed by atoms with Crippen molar-refractivity contribution in [2.45, 2.75) is 31.3 Å². The zero-order valence-corrected chi connectivity index (χ0v) is 15.7. The first-order valence-electron chi connectivity index (χ1n) is 8.03. The first kappa shape index (κ1) is 20.1. The van der Waals surface area contributed by atoms with Crippen LogP contribution in [-0.4, -0.2) is 30.8 Å². The molecule has 26 heavy (non-hydrogen) atoms. The monoisotopic (exact) mass is 393 g/mol. The number of halogens is 2. The second-order valence-electron chi connectivity index (χ2n) is 6.12. The van der Waals surface area contributed by atoms with Crippen LogP contribution >= 0.6 is 24.8 Å². The molecule has 1 aliphatic rings. The van der Waals surface area contributed by atoms with E-state index in [2.05, 4.69) is 37.5 Å². The van der Waals surface area contributed by atoms with Gasteiger partial charge < -0.3 is 11.1 Å². The molecule has 0 bridgehead atoms. The molecule has 2 aromatic heterocycles. The Hall–Kier alpha value is -2.22. The molecular formula is C17H21Cl2N7. The lowest BCUT2D eigenvalue weighted by Crippen LogP contribution is -2.35. The van der Waals surface area contributed by atoms with Gasteiger partial charge in [0.1, 0.15) is 24.8 Å². The van der Waals surface area contributed by atoms with Crippen molar-refractivity contribution in [3.05, 3.63) is 60.6 Å². The first-order valence-corrected chi connectivity index (χ1v) is 8.03. The van der Waals surface area contributed by atoms with Crippen LogP contribution in [-0.2, 0) is 6.54 Å². The summed E-state index contributed by atoms with van der Waals surface area (Å²) in [5, 5.41) is 7.47. The van der Waals surface area contributed by atoms with Crippen LogP contribution in [0, 0.1) is 0 Å². The Morgan fingerprint density at radius 1 is 1.08 bits per heavy atom. The summed E-state index contributed by atoms with van der Waals surface area (Å²) in [7, 11) is 0. The summed E-state index contributed by atoms with van der Waals surface area (Å²) in [6, 6.07) is 10.5. The largest absolute Gasteiger partial charge is 0.366 e. The summed E-state index contributed by atoms with van der Waals surface area (Å²) >= 11 is 0. The fourth-order valence-electron chi connectivity index (χ4n) is 2.90. The quantitative estimate of drug-likeness (QED) is 0.691. The number of benzene rings is 1. The molecule has 2 heterocycles. The van der Waals surface area contributed by atoms with Gasteiger partial charge in [-0.25, -0.2) is 19.6 Å². The van der Waals surface area contributed by atoms with Crippen LogP contribution in [0.5, 0.6) is 0 Å². The number of hydrogen-bond acceptors (Lipinski definition) is 6. The third-order valence-corrected chi connectivity index (χ3v) is 4.37. The van der Waals surface area contributed by atoms with Crippen molar-refractivity contribution >= 4 is 30.6 Å². The highest BCUT2D eigenvalue weighted by atomic mass is 35.5. The van der Waals surface area contributed by atoms with Crippen molar-refractivity contribution in [1.82, 2.24) is 24.7 Å². The van der Waals surface area contributed by atoms with E-state index in [9.17, 15) is 0 Å². The summed E-state index contributed by atoms with van der Waals surface area (Å²) < 4.78 is 1.73. The average molecular weight is 394 g/mol. The van der Waals surface area contributed by atoms with Gasteiger partial charge >= 0.3 is 0 Å². The summed E-state index contributed by atoms with van der Waals surface area (Å²) in [5.74, 6) is 1.33. The molecule has 1 saturated carbocycles. The molecule has 138 valence electrons. The number of aromatic nitrogens is 5. The molecule has 7 nitrogen and oxygen atoms in total. The van der Waals surface area contributed by atoms with Gasteiger partial charge in [0.2, 0.25) is 0 Å². The molecule has 0 amide bonds. The van der Waals surface area contributed by atoms with Gasteiger partial charge in [-0.15, -0.1) is 24.8 Å². The number of nitrogens with zero attached hydrogens (tertiary/aromatic N) is 5. The zero-order valence-electron chi connectivity index (χ0n) is 14.0. The van der Waals surface area contributed by atoms with E-state index in [1.807, 2.05) is 18.2 Å². The second kappa shape index (κ2) is 8.93. The number of nitrogens with two attached hydrogens (primary N) is 1. The predicted molar refractivity (Wildman–Crippen MR) is 105 cm³/mol. The van der Waals surface area contributed by atoms with Gasteiger partial charge in [-0.1, -0.05) is 12.1 Å². The van der Waals surface area contributed by atoms with Gasteiger partial charge in [-0.05, 0) is 30.5 Å². The van der Waals surface area contributed by atoms with E-state index in [1.54, 1.807) is 17.3 Å². The van der Waals surface area contributed by atoms with Crippen molar-refractivity contribution in [3.63, 3.8) is 0 Å². The van der Waals surface area contributed by atoms with E-state index in [-0.39, 0.29) is 24.8 Å². The van der Waals surface area contributed by atoms with Gasteiger partial charge in [0.25, 0.3) is 0 Å². The van der Waals surface area contributed by atoms with Crippen LogP contribution in [0.4, 0.5) is 5.82 Å². The summed E-state index contributed by atoms with van der Waals surface area (Å²) in [5.41, 5.74) is 9.10. The lowest BCUT2D eigenvalue weighted by atomic mass is 9.79. The topological polar surface area (TPSA) is 94.5 Å². The molecule has 9 heteroatoms. The first-order chi connectivity index (χ1) is 11.8. The van der Waals surface area contributed by atoms with Crippen LogP contribution in [0.2, 0.25) is 0 Å². The van der Waals surface area contributed by atoms with Crippen LogP contribution in [0.1, 0.15) is 30.0 Å². The lowest BCUT2D eigenvalue weighted by molar-refractivity contribution is 0.345. The standard InChI is InChI=1S/C17H19N7.2ClH/c18-14-5-13(6-14)16-7-17(22-10-21-16)20-8-12-1-3-15(4-2-12)24-11-19-9-23-24;;/h1-4,7,9-11,13-14H,5-6,8,18H2,(H,20,21,22);2*1H. The molecule has 0 radical (unpaired) electrons. The molecule has 1 aliphatic carbocycles. The smallest absolute Gasteiger partial charge is 0.138 e. The minimum atomic E-state index is 0. The van der Waals surface area contributed by atoms with Crippen LogP contribution in [0.25, 0.3) is 5.69 Å². The lowest BCUT2D eigenvalue weighted by Gasteiger charge is -2.31. The minimum Gasteiger partial charge on any atom is -0.366 e.